The molecule has 0 bridgehead atoms. The van der Waals surface area contributed by atoms with E-state index in [2.05, 4.69) is 5.32 Å². The Morgan fingerprint density at radius 1 is 1.03 bits per heavy atom. The first-order valence-corrected chi connectivity index (χ1v) is 11.6. The van der Waals surface area contributed by atoms with Crippen molar-refractivity contribution >= 4 is 11.6 Å². The molecule has 2 aromatic carbocycles. The monoisotopic (exact) mass is 445 g/mol. The Hall–Kier alpha value is -3.61. The van der Waals surface area contributed by atoms with Crippen LogP contribution < -0.4 is 20.3 Å². The predicted octanol–water partition coefficient (Wildman–Crippen LogP) is 4.15. The fraction of sp³-hybridized carbons (Fsp3) is 0.346. The molecule has 0 saturated heterocycles. The van der Waals surface area contributed by atoms with E-state index in [1.807, 2.05) is 37.3 Å². The third-order valence-electron chi connectivity index (χ3n) is 6.27. The van der Waals surface area contributed by atoms with Crippen LogP contribution in [0.1, 0.15) is 43.4 Å². The Morgan fingerprint density at radius 2 is 1.76 bits per heavy atom. The molecule has 1 amide bonds. The zero-order chi connectivity index (χ0) is 22.8. The van der Waals surface area contributed by atoms with Crippen molar-refractivity contribution in [2.45, 2.75) is 45.1 Å². The van der Waals surface area contributed by atoms with Gasteiger partial charge in [0.25, 0.3) is 5.56 Å². The number of anilines is 1. The van der Waals surface area contributed by atoms with Crippen molar-refractivity contribution in [1.29, 1.82) is 0 Å². The minimum atomic E-state index is -0.722. The first-order valence-electron chi connectivity index (χ1n) is 11.6. The van der Waals surface area contributed by atoms with Crippen LogP contribution in [-0.4, -0.2) is 28.9 Å². The average Bonchev–Trinajstić information content (AvgIpc) is 2.86. The van der Waals surface area contributed by atoms with Crippen molar-refractivity contribution in [3.8, 4) is 22.8 Å². The molecule has 1 aliphatic carbocycles. The van der Waals surface area contributed by atoms with Gasteiger partial charge in [-0.2, -0.15) is 5.10 Å². The number of nitrogens with one attached hydrogen (secondary N) is 1. The minimum Gasteiger partial charge on any atom is -0.486 e. The smallest absolute Gasteiger partial charge is 0.271 e. The SMILES string of the molecule is CC[C@H](C(=O)Nc1ccc2c(c1)OCCO2)n1nc(-c2ccccc2)c2c(c1=O)CCCC2. The van der Waals surface area contributed by atoms with E-state index >= 15 is 0 Å². The van der Waals surface area contributed by atoms with Gasteiger partial charge >= 0.3 is 0 Å². The number of nitrogens with zero attached hydrogens (tertiary/aromatic N) is 2. The summed E-state index contributed by atoms with van der Waals surface area (Å²) in [4.78, 5) is 26.7. The summed E-state index contributed by atoms with van der Waals surface area (Å²) in [6.45, 7) is 2.87. The molecule has 0 radical (unpaired) electrons. The lowest BCUT2D eigenvalue weighted by atomic mass is 9.89. The molecule has 0 spiro atoms. The number of hydrogen-bond acceptors (Lipinski definition) is 5. The molecular weight excluding hydrogens is 418 g/mol. The van der Waals surface area contributed by atoms with E-state index in [1.54, 1.807) is 18.2 Å². The number of hydrogen-bond donors (Lipinski definition) is 1. The van der Waals surface area contributed by atoms with Gasteiger partial charge in [0.15, 0.2) is 11.5 Å². The highest BCUT2D eigenvalue weighted by Gasteiger charge is 2.27. The molecule has 1 N–H and O–H groups in total. The Balaban J connectivity index is 1.51. The van der Waals surface area contributed by atoms with Crippen molar-refractivity contribution < 1.29 is 14.3 Å². The lowest BCUT2D eigenvalue weighted by molar-refractivity contribution is -0.119. The number of carbonyl (C=O) groups is 1. The summed E-state index contributed by atoms with van der Waals surface area (Å²) in [5.41, 5.74) is 4.02. The van der Waals surface area contributed by atoms with Crippen molar-refractivity contribution in [2.24, 2.45) is 0 Å². The Kier molecular flexibility index (Phi) is 5.86. The number of amides is 1. The second-order valence-electron chi connectivity index (χ2n) is 8.40. The van der Waals surface area contributed by atoms with Crippen LogP contribution in [0.15, 0.2) is 53.3 Å². The maximum absolute atomic E-state index is 13.4. The standard InChI is InChI=1S/C26H27N3O4/c1-2-21(25(30)27-18-12-13-22-23(16-18)33-15-14-32-22)29-26(31)20-11-7-6-10-19(20)24(28-29)17-8-4-3-5-9-17/h3-5,8-9,12-13,16,21H,2,6-7,10-11,14-15H2,1H3,(H,27,30)/t21-/m1/s1. The maximum Gasteiger partial charge on any atom is 0.271 e. The lowest BCUT2D eigenvalue weighted by Crippen LogP contribution is -2.38. The molecule has 1 aliphatic heterocycles. The summed E-state index contributed by atoms with van der Waals surface area (Å²) in [5.74, 6) is 0.979. The topological polar surface area (TPSA) is 82.4 Å². The molecule has 7 nitrogen and oxygen atoms in total. The second-order valence-corrected chi connectivity index (χ2v) is 8.40. The van der Waals surface area contributed by atoms with Gasteiger partial charge in [0.05, 0.1) is 5.69 Å². The van der Waals surface area contributed by atoms with Crippen LogP contribution in [0.2, 0.25) is 0 Å². The van der Waals surface area contributed by atoms with Gasteiger partial charge < -0.3 is 14.8 Å². The first kappa shape index (κ1) is 21.2. The summed E-state index contributed by atoms with van der Waals surface area (Å²) >= 11 is 0. The Bertz CT molecular complexity index is 1240. The van der Waals surface area contributed by atoms with Crippen LogP contribution in [-0.2, 0) is 17.6 Å². The van der Waals surface area contributed by atoms with Crippen molar-refractivity contribution in [3.63, 3.8) is 0 Å². The summed E-state index contributed by atoms with van der Waals surface area (Å²) < 4.78 is 12.6. The quantitative estimate of drug-likeness (QED) is 0.638. The van der Waals surface area contributed by atoms with E-state index in [1.165, 1.54) is 4.68 Å². The number of rotatable bonds is 5. The normalized spacial score (nSPS) is 15.4. The predicted molar refractivity (Wildman–Crippen MR) is 126 cm³/mol. The van der Waals surface area contributed by atoms with E-state index in [9.17, 15) is 9.59 Å². The highest BCUT2D eigenvalue weighted by atomic mass is 16.6. The highest BCUT2D eigenvalue weighted by molar-refractivity contribution is 5.94. The fourth-order valence-electron chi connectivity index (χ4n) is 4.61. The summed E-state index contributed by atoms with van der Waals surface area (Å²) in [5, 5.41) is 7.69. The largest absolute Gasteiger partial charge is 0.486 e. The van der Waals surface area contributed by atoms with E-state index in [-0.39, 0.29) is 11.5 Å². The zero-order valence-corrected chi connectivity index (χ0v) is 18.7. The summed E-state index contributed by atoms with van der Waals surface area (Å²) in [7, 11) is 0. The van der Waals surface area contributed by atoms with Gasteiger partial charge in [-0.05, 0) is 49.8 Å². The van der Waals surface area contributed by atoms with E-state index in [4.69, 9.17) is 14.6 Å². The fourth-order valence-corrected chi connectivity index (χ4v) is 4.61. The van der Waals surface area contributed by atoms with Gasteiger partial charge in [-0.1, -0.05) is 37.3 Å². The molecule has 2 heterocycles. The summed E-state index contributed by atoms with van der Waals surface area (Å²) in [6, 6.07) is 14.5. The van der Waals surface area contributed by atoms with Crippen molar-refractivity contribution in [3.05, 3.63) is 70.0 Å². The van der Waals surface area contributed by atoms with Gasteiger partial charge in [0.1, 0.15) is 19.3 Å². The Morgan fingerprint density at radius 3 is 2.52 bits per heavy atom. The van der Waals surface area contributed by atoms with Crippen LogP contribution in [0.5, 0.6) is 11.5 Å². The zero-order valence-electron chi connectivity index (χ0n) is 18.7. The van der Waals surface area contributed by atoms with Crippen LogP contribution in [0.25, 0.3) is 11.3 Å². The molecule has 1 aromatic heterocycles. The highest BCUT2D eigenvalue weighted by Crippen LogP contribution is 2.33. The molecule has 1 atom stereocenters. The van der Waals surface area contributed by atoms with Crippen LogP contribution >= 0.6 is 0 Å². The van der Waals surface area contributed by atoms with E-state index < -0.39 is 6.04 Å². The molecule has 7 heteroatoms. The van der Waals surface area contributed by atoms with Crippen molar-refractivity contribution in [2.75, 3.05) is 18.5 Å². The molecule has 3 aromatic rings. The first-order chi connectivity index (χ1) is 16.2. The third-order valence-corrected chi connectivity index (χ3v) is 6.27. The maximum atomic E-state index is 13.4. The molecule has 5 rings (SSSR count). The number of ether oxygens (including phenoxy) is 2. The summed E-state index contributed by atoms with van der Waals surface area (Å²) in [6.07, 6.45) is 4.01. The molecule has 0 unspecified atom stereocenters. The van der Waals surface area contributed by atoms with Crippen LogP contribution in [0, 0.1) is 0 Å². The molecule has 33 heavy (non-hydrogen) atoms. The second kappa shape index (κ2) is 9.10. The van der Waals surface area contributed by atoms with Crippen LogP contribution in [0.3, 0.4) is 0 Å². The molecule has 0 saturated carbocycles. The number of aromatic nitrogens is 2. The molecule has 170 valence electrons. The van der Waals surface area contributed by atoms with Gasteiger partial charge in [-0.3, -0.25) is 9.59 Å². The number of carbonyl (C=O) groups excluding carboxylic acids is 1. The van der Waals surface area contributed by atoms with Gasteiger partial charge in [-0.15, -0.1) is 0 Å². The molecular formula is C26H27N3O4. The van der Waals surface area contributed by atoms with Crippen LogP contribution in [0.4, 0.5) is 5.69 Å². The lowest BCUT2D eigenvalue weighted by Gasteiger charge is -2.24. The van der Waals surface area contributed by atoms with Gasteiger partial charge in [0, 0.05) is 22.9 Å². The Labute approximate surface area is 192 Å². The van der Waals surface area contributed by atoms with E-state index in [0.717, 1.165) is 48.1 Å². The third kappa shape index (κ3) is 4.11. The number of benzene rings is 2. The molecule has 2 aliphatic rings. The van der Waals surface area contributed by atoms with Gasteiger partial charge in [0.2, 0.25) is 5.91 Å². The molecule has 0 fully saturated rings. The van der Waals surface area contributed by atoms with Crippen molar-refractivity contribution in [1.82, 2.24) is 9.78 Å². The minimum absolute atomic E-state index is 0.159. The number of fused-ring (bicyclic) bond motifs is 2. The average molecular weight is 446 g/mol. The van der Waals surface area contributed by atoms with E-state index in [0.29, 0.717) is 36.8 Å². The van der Waals surface area contributed by atoms with Gasteiger partial charge in [-0.25, -0.2) is 4.68 Å².